The Labute approximate surface area is 121 Å². The molecule has 3 rings (SSSR count). The van der Waals surface area contributed by atoms with Gasteiger partial charge in [-0.25, -0.2) is 4.39 Å². The van der Waals surface area contributed by atoms with Gasteiger partial charge in [0.2, 0.25) is 0 Å². The standard InChI is InChI=1S/C16H14FN3O/c1-11-3-4-12(9-14(11)17)21-13-5-7-18-16(10-13)15-6-8-20(2)19-15/h3-10H,1-2H3. The highest BCUT2D eigenvalue weighted by molar-refractivity contribution is 5.55. The highest BCUT2D eigenvalue weighted by Gasteiger charge is 2.06. The van der Waals surface area contributed by atoms with E-state index < -0.39 is 0 Å². The molecule has 106 valence electrons. The van der Waals surface area contributed by atoms with Crippen LogP contribution in [0, 0.1) is 12.7 Å². The summed E-state index contributed by atoms with van der Waals surface area (Å²) in [5.41, 5.74) is 2.06. The molecule has 2 heterocycles. The first-order chi connectivity index (χ1) is 10.1. The van der Waals surface area contributed by atoms with Gasteiger partial charge in [-0.05, 0) is 30.7 Å². The first-order valence-corrected chi connectivity index (χ1v) is 6.52. The van der Waals surface area contributed by atoms with E-state index in [-0.39, 0.29) is 5.82 Å². The van der Waals surface area contributed by atoms with Crippen LogP contribution in [0.3, 0.4) is 0 Å². The minimum Gasteiger partial charge on any atom is -0.457 e. The Morgan fingerprint density at radius 3 is 2.57 bits per heavy atom. The van der Waals surface area contributed by atoms with E-state index in [2.05, 4.69) is 10.1 Å². The highest BCUT2D eigenvalue weighted by atomic mass is 19.1. The van der Waals surface area contributed by atoms with Crippen LogP contribution in [0.4, 0.5) is 4.39 Å². The quantitative estimate of drug-likeness (QED) is 0.735. The summed E-state index contributed by atoms with van der Waals surface area (Å²) in [7, 11) is 1.85. The fourth-order valence-electron chi connectivity index (χ4n) is 1.94. The number of hydrogen-bond acceptors (Lipinski definition) is 3. The lowest BCUT2D eigenvalue weighted by Crippen LogP contribution is -1.91. The average molecular weight is 283 g/mol. The largest absolute Gasteiger partial charge is 0.457 e. The van der Waals surface area contributed by atoms with Crippen LogP contribution < -0.4 is 4.74 Å². The number of rotatable bonds is 3. The summed E-state index contributed by atoms with van der Waals surface area (Å²) in [6.45, 7) is 1.71. The lowest BCUT2D eigenvalue weighted by atomic mass is 10.2. The Kier molecular flexibility index (Phi) is 3.39. The predicted octanol–water partition coefficient (Wildman–Crippen LogP) is 3.72. The molecule has 2 aromatic heterocycles. The Morgan fingerprint density at radius 1 is 1.05 bits per heavy atom. The molecule has 4 nitrogen and oxygen atoms in total. The average Bonchev–Trinajstić information content (AvgIpc) is 2.90. The first-order valence-electron chi connectivity index (χ1n) is 6.52. The van der Waals surface area contributed by atoms with E-state index in [0.29, 0.717) is 22.8 Å². The van der Waals surface area contributed by atoms with Gasteiger partial charge in [0.25, 0.3) is 0 Å². The number of halogens is 1. The Bertz CT molecular complexity index is 783. The number of ether oxygens (including phenoxy) is 1. The maximum Gasteiger partial charge on any atom is 0.131 e. The number of benzene rings is 1. The third-order valence-electron chi connectivity index (χ3n) is 3.09. The van der Waals surface area contributed by atoms with Gasteiger partial charge in [0.05, 0.1) is 5.69 Å². The molecule has 0 aliphatic rings. The van der Waals surface area contributed by atoms with Crippen LogP contribution in [0.25, 0.3) is 11.4 Å². The summed E-state index contributed by atoms with van der Waals surface area (Å²) in [6, 6.07) is 10.2. The topological polar surface area (TPSA) is 39.9 Å². The van der Waals surface area contributed by atoms with Crippen molar-refractivity contribution in [1.29, 1.82) is 0 Å². The first kappa shape index (κ1) is 13.3. The molecule has 1 aromatic carbocycles. The summed E-state index contributed by atoms with van der Waals surface area (Å²) in [5, 5.41) is 4.29. The zero-order valence-electron chi connectivity index (χ0n) is 11.7. The molecule has 0 unspecified atom stereocenters. The lowest BCUT2D eigenvalue weighted by Gasteiger charge is -2.07. The smallest absolute Gasteiger partial charge is 0.131 e. The minimum absolute atomic E-state index is 0.286. The fourth-order valence-corrected chi connectivity index (χ4v) is 1.94. The number of hydrogen-bond donors (Lipinski definition) is 0. The van der Waals surface area contributed by atoms with Crippen molar-refractivity contribution in [1.82, 2.24) is 14.8 Å². The number of pyridine rings is 1. The van der Waals surface area contributed by atoms with Crippen LogP contribution in [0.2, 0.25) is 0 Å². The number of aromatic nitrogens is 3. The van der Waals surface area contributed by atoms with Gasteiger partial charge in [-0.2, -0.15) is 5.10 Å². The van der Waals surface area contributed by atoms with Crippen molar-refractivity contribution < 1.29 is 9.13 Å². The van der Waals surface area contributed by atoms with E-state index in [4.69, 9.17) is 4.74 Å². The summed E-state index contributed by atoms with van der Waals surface area (Å²) in [6.07, 6.45) is 3.49. The molecule has 0 amide bonds. The summed E-state index contributed by atoms with van der Waals surface area (Å²) >= 11 is 0. The molecule has 0 radical (unpaired) electrons. The lowest BCUT2D eigenvalue weighted by molar-refractivity contribution is 0.475. The van der Waals surface area contributed by atoms with Gasteiger partial charge in [-0.15, -0.1) is 0 Å². The van der Waals surface area contributed by atoms with E-state index in [1.54, 1.807) is 42.1 Å². The molecule has 0 bridgehead atoms. The summed E-state index contributed by atoms with van der Waals surface area (Å²) < 4.78 is 20.9. The normalized spacial score (nSPS) is 10.6. The molecule has 21 heavy (non-hydrogen) atoms. The van der Waals surface area contributed by atoms with Gasteiger partial charge in [0, 0.05) is 31.6 Å². The van der Waals surface area contributed by atoms with Crippen LogP contribution >= 0.6 is 0 Å². The van der Waals surface area contributed by atoms with Crippen LogP contribution in [0.1, 0.15) is 5.56 Å². The molecule has 0 aliphatic heterocycles. The third kappa shape index (κ3) is 2.91. The number of aryl methyl sites for hydroxylation is 2. The Morgan fingerprint density at radius 2 is 1.86 bits per heavy atom. The van der Waals surface area contributed by atoms with Gasteiger partial charge < -0.3 is 4.74 Å². The zero-order valence-corrected chi connectivity index (χ0v) is 11.7. The van der Waals surface area contributed by atoms with Crippen molar-refractivity contribution in [3.8, 4) is 22.9 Å². The molecule has 3 aromatic rings. The van der Waals surface area contributed by atoms with Gasteiger partial charge in [-0.1, -0.05) is 6.07 Å². The molecule has 0 N–H and O–H groups in total. The second-order valence-corrected chi connectivity index (χ2v) is 4.76. The molecule has 0 fully saturated rings. The van der Waals surface area contributed by atoms with Crippen molar-refractivity contribution in [2.45, 2.75) is 6.92 Å². The molecule has 0 saturated carbocycles. The maximum absolute atomic E-state index is 13.5. The molecular weight excluding hydrogens is 269 g/mol. The molecule has 5 heteroatoms. The number of nitrogens with zero attached hydrogens (tertiary/aromatic N) is 3. The second-order valence-electron chi connectivity index (χ2n) is 4.76. The minimum atomic E-state index is -0.286. The van der Waals surface area contributed by atoms with Crippen molar-refractivity contribution in [3.05, 3.63) is 60.2 Å². The summed E-state index contributed by atoms with van der Waals surface area (Å²) in [5.74, 6) is 0.761. The Balaban J connectivity index is 1.87. The van der Waals surface area contributed by atoms with Gasteiger partial charge >= 0.3 is 0 Å². The monoisotopic (exact) mass is 283 g/mol. The van der Waals surface area contributed by atoms with Crippen LogP contribution in [0.5, 0.6) is 11.5 Å². The molecule has 0 spiro atoms. The van der Waals surface area contributed by atoms with E-state index in [9.17, 15) is 4.39 Å². The van der Waals surface area contributed by atoms with Crippen LogP contribution in [0.15, 0.2) is 48.8 Å². The van der Waals surface area contributed by atoms with Gasteiger partial charge in [0.15, 0.2) is 0 Å². The SMILES string of the molecule is Cc1ccc(Oc2ccnc(-c3ccn(C)n3)c2)cc1F. The van der Waals surface area contributed by atoms with Crippen LogP contribution in [-0.4, -0.2) is 14.8 Å². The van der Waals surface area contributed by atoms with Crippen molar-refractivity contribution >= 4 is 0 Å². The fraction of sp³-hybridized carbons (Fsp3) is 0.125. The van der Waals surface area contributed by atoms with Gasteiger partial charge in [0.1, 0.15) is 23.0 Å². The van der Waals surface area contributed by atoms with E-state index in [1.165, 1.54) is 6.07 Å². The van der Waals surface area contributed by atoms with Crippen molar-refractivity contribution in [2.75, 3.05) is 0 Å². The summed E-state index contributed by atoms with van der Waals surface area (Å²) in [4.78, 5) is 4.27. The second kappa shape index (κ2) is 5.36. The van der Waals surface area contributed by atoms with E-state index in [0.717, 1.165) is 5.69 Å². The zero-order chi connectivity index (χ0) is 14.8. The molecule has 0 saturated heterocycles. The third-order valence-corrected chi connectivity index (χ3v) is 3.09. The Hall–Kier alpha value is -2.69. The predicted molar refractivity (Wildman–Crippen MR) is 77.7 cm³/mol. The molecule has 0 atom stereocenters. The van der Waals surface area contributed by atoms with Crippen molar-refractivity contribution in [3.63, 3.8) is 0 Å². The highest BCUT2D eigenvalue weighted by Crippen LogP contribution is 2.26. The molecule has 0 aliphatic carbocycles. The van der Waals surface area contributed by atoms with E-state index in [1.807, 2.05) is 19.3 Å². The van der Waals surface area contributed by atoms with Gasteiger partial charge in [-0.3, -0.25) is 9.67 Å². The van der Waals surface area contributed by atoms with Crippen molar-refractivity contribution in [2.24, 2.45) is 7.05 Å². The molecular formula is C16H14FN3O. The van der Waals surface area contributed by atoms with E-state index >= 15 is 0 Å². The van der Waals surface area contributed by atoms with Crippen LogP contribution in [-0.2, 0) is 7.05 Å². The maximum atomic E-state index is 13.5.